The number of rotatable bonds is 4. The summed E-state index contributed by atoms with van der Waals surface area (Å²) in [7, 11) is 0. The number of nitrogen functional groups attached to an aromatic ring is 1. The summed E-state index contributed by atoms with van der Waals surface area (Å²) in [5.74, 6) is 0. The lowest BCUT2D eigenvalue weighted by atomic mass is 10.1. The Balaban J connectivity index is 3.07. The van der Waals surface area contributed by atoms with E-state index in [0.29, 0.717) is 6.54 Å². The summed E-state index contributed by atoms with van der Waals surface area (Å²) in [5, 5.41) is 14.2. The van der Waals surface area contributed by atoms with E-state index in [1.807, 2.05) is 18.5 Å². The predicted molar refractivity (Wildman–Crippen MR) is 61.7 cm³/mol. The molecule has 0 atom stereocenters. The van der Waals surface area contributed by atoms with E-state index in [-0.39, 0.29) is 0 Å². The summed E-state index contributed by atoms with van der Waals surface area (Å²) in [6, 6.07) is 0. The zero-order valence-corrected chi connectivity index (χ0v) is 10.0. The van der Waals surface area contributed by atoms with Gasteiger partial charge in [-0.3, -0.25) is 4.68 Å². The van der Waals surface area contributed by atoms with Crippen LogP contribution in [0.2, 0.25) is 0 Å². The average Bonchev–Trinajstić information content (AvgIpc) is 2.39. The van der Waals surface area contributed by atoms with Gasteiger partial charge in [0.05, 0.1) is 29.2 Å². The van der Waals surface area contributed by atoms with E-state index in [2.05, 4.69) is 5.10 Å². The van der Waals surface area contributed by atoms with Gasteiger partial charge in [-0.15, -0.1) is 0 Å². The lowest BCUT2D eigenvalue weighted by Crippen LogP contribution is -2.27. The fraction of sp³-hybridized carbons (Fsp3) is 0.727. The van der Waals surface area contributed by atoms with Crippen LogP contribution in [-0.2, 0) is 19.4 Å². The Bertz CT molecular complexity index is 336. The number of hydrogen-bond acceptors (Lipinski definition) is 3. The predicted octanol–water partition coefficient (Wildman–Crippen LogP) is 1.36. The van der Waals surface area contributed by atoms with Crippen molar-refractivity contribution in [2.24, 2.45) is 0 Å². The van der Waals surface area contributed by atoms with Gasteiger partial charge in [-0.05, 0) is 26.7 Å². The number of hydrogen-bond donors (Lipinski definition) is 2. The topological polar surface area (TPSA) is 64.1 Å². The maximum Gasteiger partial charge on any atom is 0.0854 e. The van der Waals surface area contributed by atoms with Crippen LogP contribution in [0.15, 0.2) is 0 Å². The number of anilines is 1. The molecule has 1 aromatic rings. The summed E-state index contributed by atoms with van der Waals surface area (Å²) >= 11 is 0. The standard InChI is InChI=1S/C11H21N3O/c1-5-8-10(12)9(6-2)14(13-8)7-11(3,4)15/h15H,5-7,12H2,1-4H3. The van der Waals surface area contributed by atoms with Crippen LogP contribution in [0.5, 0.6) is 0 Å². The van der Waals surface area contributed by atoms with Crippen molar-refractivity contribution in [1.29, 1.82) is 0 Å². The molecule has 0 amide bonds. The van der Waals surface area contributed by atoms with Crippen molar-refractivity contribution in [3.63, 3.8) is 0 Å². The van der Waals surface area contributed by atoms with E-state index < -0.39 is 5.60 Å². The molecule has 0 aromatic carbocycles. The minimum absolute atomic E-state index is 0.486. The van der Waals surface area contributed by atoms with E-state index in [0.717, 1.165) is 29.9 Å². The summed E-state index contributed by atoms with van der Waals surface area (Å²) in [6.07, 6.45) is 1.67. The molecule has 0 aliphatic heterocycles. The third-order valence-electron chi connectivity index (χ3n) is 2.38. The minimum atomic E-state index is -0.757. The molecule has 4 nitrogen and oxygen atoms in total. The van der Waals surface area contributed by atoms with Gasteiger partial charge in [0.15, 0.2) is 0 Å². The van der Waals surface area contributed by atoms with Crippen LogP contribution in [0.1, 0.15) is 39.1 Å². The Morgan fingerprint density at radius 2 is 1.93 bits per heavy atom. The van der Waals surface area contributed by atoms with Crippen LogP contribution in [0.4, 0.5) is 5.69 Å². The summed E-state index contributed by atoms with van der Waals surface area (Å²) < 4.78 is 1.83. The molecule has 0 saturated carbocycles. The van der Waals surface area contributed by atoms with Crippen LogP contribution in [0.3, 0.4) is 0 Å². The normalized spacial score (nSPS) is 12.1. The number of nitrogens with two attached hydrogens (primary N) is 1. The van der Waals surface area contributed by atoms with Gasteiger partial charge in [-0.1, -0.05) is 13.8 Å². The lowest BCUT2D eigenvalue weighted by molar-refractivity contribution is 0.0568. The third-order valence-corrected chi connectivity index (χ3v) is 2.38. The fourth-order valence-electron chi connectivity index (χ4n) is 1.70. The maximum atomic E-state index is 9.76. The van der Waals surface area contributed by atoms with Crippen molar-refractivity contribution in [1.82, 2.24) is 9.78 Å². The molecule has 0 unspecified atom stereocenters. The first-order valence-electron chi connectivity index (χ1n) is 5.45. The molecule has 4 heteroatoms. The highest BCUT2D eigenvalue weighted by atomic mass is 16.3. The van der Waals surface area contributed by atoms with Crippen molar-refractivity contribution >= 4 is 5.69 Å². The van der Waals surface area contributed by atoms with Crippen molar-refractivity contribution in [3.05, 3.63) is 11.4 Å². The molecule has 0 fully saturated rings. The summed E-state index contributed by atoms with van der Waals surface area (Å²) in [6.45, 7) is 8.12. The second kappa shape index (κ2) is 4.23. The Morgan fingerprint density at radius 3 is 2.33 bits per heavy atom. The van der Waals surface area contributed by atoms with E-state index in [4.69, 9.17) is 5.73 Å². The highest BCUT2D eigenvalue weighted by Crippen LogP contribution is 2.20. The number of aliphatic hydroxyl groups is 1. The van der Waals surface area contributed by atoms with Crippen molar-refractivity contribution in [3.8, 4) is 0 Å². The number of nitrogens with zero attached hydrogens (tertiary/aromatic N) is 2. The summed E-state index contributed by atoms with van der Waals surface area (Å²) in [4.78, 5) is 0. The van der Waals surface area contributed by atoms with Crippen LogP contribution in [-0.4, -0.2) is 20.5 Å². The van der Waals surface area contributed by atoms with Gasteiger partial charge in [0.25, 0.3) is 0 Å². The van der Waals surface area contributed by atoms with Crippen LogP contribution < -0.4 is 5.73 Å². The van der Waals surface area contributed by atoms with E-state index in [1.54, 1.807) is 13.8 Å². The maximum absolute atomic E-state index is 9.76. The largest absolute Gasteiger partial charge is 0.396 e. The first-order chi connectivity index (χ1) is 6.89. The Kier molecular flexibility index (Phi) is 3.39. The van der Waals surface area contributed by atoms with Gasteiger partial charge in [0, 0.05) is 0 Å². The first-order valence-corrected chi connectivity index (χ1v) is 5.45. The SMILES string of the molecule is CCc1nn(CC(C)(C)O)c(CC)c1N. The molecule has 0 bridgehead atoms. The Morgan fingerprint density at radius 1 is 1.33 bits per heavy atom. The van der Waals surface area contributed by atoms with E-state index in [1.165, 1.54) is 0 Å². The molecule has 0 spiro atoms. The molecule has 1 rings (SSSR count). The van der Waals surface area contributed by atoms with E-state index >= 15 is 0 Å². The van der Waals surface area contributed by atoms with Gasteiger partial charge in [-0.25, -0.2) is 0 Å². The Hall–Kier alpha value is -1.03. The molecule has 0 aliphatic carbocycles. The fourth-order valence-corrected chi connectivity index (χ4v) is 1.70. The van der Waals surface area contributed by atoms with Gasteiger partial charge < -0.3 is 10.8 Å². The van der Waals surface area contributed by atoms with Crippen molar-refractivity contribution < 1.29 is 5.11 Å². The average molecular weight is 211 g/mol. The third kappa shape index (κ3) is 2.72. The quantitative estimate of drug-likeness (QED) is 0.790. The zero-order chi connectivity index (χ0) is 11.6. The van der Waals surface area contributed by atoms with Crippen molar-refractivity contribution in [2.45, 2.75) is 52.7 Å². The lowest BCUT2D eigenvalue weighted by Gasteiger charge is -2.18. The first kappa shape index (κ1) is 12.0. The molecule has 1 heterocycles. The van der Waals surface area contributed by atoms with E-state index in [9.17, 15) is 5.11 Å². The highest BCUT2D eigenvalue weighted by molar-refractivity contribution is 5.48. The molecular weight excluding hydrogens is 190 g/mol. The second-order valence-electron chi connectivity index (χ2n) is 4.48. The molecule has 3 N–H and O–H groups in total. The van der Waals surface area contributed by atoms with Crippen LogP contribution in [0, 0.1) is 0 Å². The number of aryl methyl sites for hydroxylation is 1. The van der Waals surface area contributed by atoms with Crippen LogP contribution >= 0.6 is 0 Å². The monoisotopic (exact) mass is 211 g/mol. The van der Waals surface area contributed by atoms with Crippen molar-refractivity contribution in [2.75, 3.05) is 5.73 Å². The Labute approximate surface area is 91.1 Å². The second-order valence-corrected chi connectivity index (χ2v) is 4.48. The highest BCUT2D eigenvalue weighted by Gasteiger charge is 2.19. The number of aromatic nitrogens is 2. The zero-order valence-electron chi connectivity index (χ0n) is 10.0. The van der Waals surface area contributed by atoms with Gasteiger partial charge in [-0.2, -0.15) is 5.10 Å². The molecule has 0 aliphatic rings. The smallest absolute Gasteiger partial charge is 0.0854 e. The molecule has 0 saturated heterocycles. The van der Waals surface area contributed by atoms with Gasteiger partial charge in [0.2, 0.25) is 0 Å². The van der Waals surface area contributed by atoms with Gasteiger partial charge in [0.1, 0.15) is 0 Å². The molecular formula is C11H21N3O. The van der Waals surface area contributed by atoms with Gasteiger partial charge >= 0.3 is 0 Å². The minimum Gasteiger partial charge on any atom is -0.396 e. The molecule has 86 valence electrons. The van der Waals surface area contributed by atoms with Crippen LogP contribution in [0.25, 0.3) is 0 Å². The summed E-state index contributed by atoms with van der Waals surface area (Å²) in [5.41, 5.74) is 7.95. The molecule has 1 aromatic heterocycles. The molecule has 15 heavy (non-hydrogen) atoms. The molecule has 0 radical (unpaired) electrons.